The maximum Gasteiger partial charge on any atom is 0.344 e. The molecule has 1 aromatic carbocycles. The molecule has 1 saturated carbocycles. The van der Waals surface area contributed by atoms with E-state index in [9.17, 15) is 9.18 Å². The highest BCUT2D eigenvalue weighted by Gasteiger charge is 2.39. The number of nitrogens with zero attached hydrogens (tertiary/aromatic N) is 1. The first-order valence-electron chi connectivity index (χ1n) is 8.17. The van der Waals surface area contributed by atoms with Crippen LogP contribution in [0.1, 0.15) is 45.1 Å². The van der Waals surface area contributed by atoms with Crippen molar-refractivity contribution in [1.82, 2.24) is 4.90 Å². The van der Waals surface area contributed by atoms with Crippen molar-refractivity contribution in [3.8, 4) is 0 Å². The molecule has 1 aliphatic rings. The fraction of sp³-hybridized carbons (Fsp3) is 0.611. The molecule has 0 heterocycles. The van der Waals surface area contributed by atoms with Gasteiger partial charge in [-0.2, -0.15) is 0 Å². The van der Waals surface area contributed by atoms with Gasteiger partial charge in [-0.3, -0.25) is 4.90 Å². The summed E-state index contributed by atoms with van der Waals surface area (Å²) in [5, 5.41) is 0. The van der Waals surface area contributed by atoms with Gasteiger partial charge in [-0.15, -0.1) is 0 Å². The quantitative estimate of drug-likeness (QED) is 0.719. The molecular weight excluding hydrogens is 281 g/mol. The van der Waals surface area contributed by atoms with E-state index < -0.39 is 11.6 Å². The number of carbonyl (C=O) groups is 1. The van der Waals surface area contributed by atoms with Gasteiger partial charge in [-0.05, 0) is 32.3 Å². The molecule has 1 atom stereocenters. The van der Waals surface area contributed by atoms with Crippen LogP contribution < -0.4 is 0 Å². The summed E-state index contributed by atoms with van der Waals surface area (Å²) in [5.41, 5.74) is -0.818. The minimum Gasteiger partial charge on any atom is -0.464 e. The van der Waals surface area contributed by atoms with Crippen LogP contribution in [0.5, 0.6) is 0 Å². The van der Waals surface area contributed by atoms with Crippen molar-refractivity contribution in [2.45, 2.75) is 57.8 Å². The molecule has 22 heavy (non-hydrogen) atoms. The molecule has 0 bridgehead atoms. The molecule has 1 fully saturated rings. The van der Waals surface area contributed by atoms with Crippen molar-refractivity contribution in [3.63, 3.8) is 0 Å². The van der Waals surface area contributed by atoms with E-state index in [-0.39, 0.29) is 13.2 Å². The highest BCUT2D eigenvalue weighted by Crippen LogP contribution is 2.27. The van der Waals surface area contributed by atoms with Crippen molar-refractivity contribution >= 4 is 5.97 Å². The van der Waals surface area contributed by atoms with Gasteiger partial charge in [0.05, 0.1) is 6.61 Å². The first-order valence-corrected chi connectivity index (χ1v) is 8.17. The van der Waals surface area contributed by atoms with E-state index in [1.54, 1.807) is 6.92 Å². The van der Waals surface area contributed by atoms with Crippen molar-refractivity contribution in [3.05, 3.63) is 35.9 Å². The SMILES string of the molecule is CCOC(=O)C(C)(F)CN(Cc1ccccc1)C1CCCC1. The number of halogens is 1. The zero-order valence-electron chi connectivity index (χ0n) is 13.6. The number of ether oxygens (including phenoxy) is 1. The van der Waals surface area contributed by atoms with Crippen molar-refractivity contribution in [2.24, 2.45) is 0 Å². The van der Waals surface area contributed by atoms with Crippen molar-refractivity contribution < 1.29 is 13.9 Å². The first-order chi connectivity index (χ1) is 10.5. The Morgan fingerprint density at radius 1 is 1.32 bits per heavy atom. The molecule has 122 valence electrons. The Hall–Kier alpha value is -1.42. The fourth-order valence-corrected chi connectivity index (χ4v) is 3.13. The molecule has 0 aromatic heterocycles. The molecular formula is C18H26FNO2. The Bertz CT molecular complexity index is 469. The van der Waals surface area contributed by atoms with Crippen LogP contribution in [0.4, 0.5) is 4.39 Å². The second-order valence-corrected chi connectivity index (χ2v) is 6.25. The summed E-state index contributed by atoms with van der Waals surface area (Å²) >= 11 is 0. The lowest BCUT2D eigenvalue weighted by atomic mass is 10.0. The summed E-state index contributed by atoms with van der Waals surface area (Å²) in [7, 11) is 0. The summed E-state index contributed by atoms with van der Waals surface area (Å²) in [5.74, 6) is -0.758. The van der Waals surface area contributed by atoms with Gasteiger partial charge in [0.2, 0.25) is 5.67 Å². The van der Waals surface area contributed by atoms with Gasteiger partial charge in [0.15, 0.2) is 0 Å². The second kappa shape index (κ2) is 7.73. The third-order valence-corrected chi connectivity index (χ3v) is 4.27. The van der Waals surface area contributed by atoms with Crippen LogP contribution in [0, 0.1) is 0 Å². The van der Waals surface area contributed by atoms with E-state index in [0.29, 0.717) is 12.6 Å². The Kier molecular flexibility index (Phi) is 5.95. The van der Waals surface area contributed by atoms with Crippen molar-refractivity contribution in [2.75, 3.05) is 13.2 Å². The first kappa shape index (κ1) is 16.9. The van der Waals surface area contributed by atoms with E-state index in [0.717, 1.165) is 18.4 Å². The molecule has 0 amide bonds. The van der Waals surface area contributed by atoms with Crippen LogP contribution in [-0.4, -0.2) is 35.7 Å². The van der Waals surface area contributed by atoms with Crippen LogP contribution in [0.15, 0.2) is 30.3 Å². The number of hydrogen-bond donors (Lipinski definition) is 0. The second-order valence-electron chi connectivity index (χ2n) is 6.25. The smallest absolute Gasteiger partial charge is 0.344 e. The molecule has 1 aliphatic carbocycles. The number of hydrogen-bond acceptors (Lipinski definition) is 3. The van der Waals surface area contributed by atoms with Crippen molar-refractivity contribution in [1.29, 1.82) is 0 Å². The lowest BCUT2D eigenvalue weighted by Gasteiger charge is -2.33. The summed E-state index contributed by atoms with van der Waals surface area (Å²) < 4.78 is 19.6. The normalized spacial score (nSPS) is 18.4. The Labute approximate surface area is 132 Å². The van der Waals surface area contributed by atoms with E-state index in [1.165, 1.54) is 19.8 Å². The van der Waals surface area contributed by atoms with Gasteiger partial charge in [-0.1, -0.05) is 43.2 Å². The van der Waals surface area contributed by atoms with E-state index in [2.05, 4.69) is 4.90 Å². The third-order valence-electron chi connectivity index (χ3n) is 4.27. The van der Waals surface area contributed by atoms with Gasteiger partial charge >= 0.3 is 5.97 Å². The predicted molar refractivity (Wildman–Crippen MR) is 85.3 cm³/mol. The summed E-state index contributed by atoms with van der Waals surface area (Å²) in [4.78, 5) is 14.0. The zero-order chi connectivity index (χ0) is 16.0. The monoisotopic (exact) mass is 307 g/mol. The molecule has 1 unspecified atom stereocenters. The van der Waals surface area contributed by atoms with Crippen LogP contribution >= 0.6 is 0 Å². The Morgan fingerprint density at radius 3 is 2.55 bits per heavy atom. The average molecular weight is 307 g/mol. The highest BCUT2D eigenvalue weighted by atomic mass is 19.1. The number of esters is 1. The minimum absolute atomic E-state index is 0.0887. The maximum absolute atomic E-state index is 14.8. The third kappa shape index (κ3) is 4.54. The minimum atomic E-state index is -1.96. The Balaban J connectivity index is 2.08. The highest BCUT2D eigenvalue weighted by molar-refractivity contribution is 5.79. The number of rotatable bonds is 7. The van der Waals surface area contributed by atoms with Crippen LogP contribution in [0.3, 0.4) is 0 Å². The lowest BCUT2D eigenvalue weighted by Crippen LogP contribution is -2.47. The fourth-order valence-electron chi connectivity index (χ4n) is 3.13. The summed E-state index contributed by atoms with van der Waals surface area (Å²) in [6.45, 7) is 4.00. The standard InChI is InChI=1S/C18H26FNO2/c1-3-22-17(21)18(2,19)14-20(16-11-7-8-12-16)13-15-9-5-4-6-10-15/h4-6,9-10,16H,3,7-8,11-14H2,1-2H3. The Morgan fingerprint density at radius 2 is 1.95 bits per heavy atom. The molecule has 0 spiro atoms. The van der Waals surface area contributed by atoms with Crippen LogP contribution in [0.25, 0.3) is 0 Å². The molecule has 0 radical (unpaired) electrons. The van der Waals surface area contributed by atoms with E-state index >= 15 is 0 Å². The molecule has 3 nitrogen and oxygen atoms in total. The summed E-state index contributed by atoms with van der Waals surface area (Å²) in [6, 6.07) is 10.4. The van der Waals surface area contributed by atoms with E-state index in [4.69, 9.17) is 4.74 Å². The number of carbonyl (C=O) groups excluding carboxylic acids is 1. The van der Waals surface area contributed by atoms with Crippen LogP contribution in [-0.2, 0) is 16.1 Å². The lowest BCUT2D eigenvalue weighted by molar-refractivity contribution is -0.158. The maximum atomic E-state index is 14.8. The number of alkyl halides is 1. The topological polar surface area (TPSA) is 29.5 Å². The van der Waals surface area contributed by atoms with Gasteiger partial charge < -0.3 is 4.74 Å². The molecule has 0 aliphatic heterocycles. The average Bonchev–Trinajstić information content (AvgIpc) is 3.02. The largest absolute Gasteiger partial charge is 0.464 e. The van der Waals surface area contributed by atoms with E-state index in [1.807, 2.05) is 30.3 Å². The van der Waals surface area contributed by atoms with Crippen LogP contribution in [0.2, 0.25) is 0 Å². The van der Waals surface area contributed by atoms with Gasteiger partial charge in [-0.25, -0.2) is 9.18 Å². The molecule has 4 heteroatoms. The molecule has 0 saturated heterocycles. The molecule has 2 rings (SSSR count). The zero-order valence-corrected chi connectivity index (χ0v) is 13.6. The van der Waals surface area contributed by atoms with Gasteiger partial charge in [0.25, 0.3) is 0 Å². The summed E-state index contributed by atoms with van der Waals surface area (Å²) in [6.07, 6.45) is 4.51. The molecule has 1 aromatic rings. The van der Waals surface area contributed by atoms with Gasteiger partial charge in [0.1, 0.15) is 0 Å². The predicted octanol–water partition coefficient (Wildman–Crippen LogP) is 3.72. The number of benzene rings is 1. The van der Waals surface area contributed by atoms with Gasteiger partial charge in [0, 0.05) is 19.1 Å². The molecule has 0 N–H and O–H groups in total.